The highest BCUT2D eigenvalue weighted by Gasteiger charge is 2.18. The number of nitrogens with zero attached hydrogens (tertiary/aromatic N) is 2. The van der Waals surface area contributed by atoms with Crippen LogP contribution in [0.5, 0.6) is 5.75 Å². The zero-order chi connectivity index (χ0) is 20.2. The van der Waals surface area contributed by atoms with Crippen molar-refractivity contribution in [2.75, 3.05) is 13.7 Å². The second-order valence-corrected chi connectivity index (χ2v) is 6.73. The average molecular weight is 387 g/mol. The maximum atomic E-state index is 12.7. The summed E-state index contributed by atoms with van der Waals surface area (Å²) in [5.41, 5.74) is 3.18. The monoisotopic (exact) mass is 387 g/mol. The molecule has 0 aliphatic heterocycles. The molecule has 0 aliphatic carbocycles. The van der Waals surface area contributed by atoms with Crippen LogP contribution in [0.2, 0.25) is 0 Å². The second-order valence-electron chi connectivity index (χ2n) is 6.73. The van der Waals surface area contributed by atoms with Crippen LogP contribution >= 0.6 is 0 Å². The molecule has 0 spiro atoms. The van der Waals surface area contributed by atoms with Crippen molar-refractivity contribution in [1.82, 2.24) is 15.3 Å². The number of amides is 1. The maximum Gasteiger partial charge on any atom is 0.273 e. The van der Waals surface area contributed by atoms with Crippen LogP contribution in [-0.4, -0.2) is 29.5 Å². The molecule has 0 unspecified atom stereocenters. The lowest BCUT2D eigenvalue weighted by Gasteiger charge is -2.09. The Morgan fingerprint density at radius 2 is 2.10 bits per heavy atom. The van der Waals surface area contributed by atoms with Gasteiger partial charge in [-0.15, -0.1) is 0 Å². The van der Waals surface area contributed by atoms with E-state index in [2.05, 4.69) is 21.4 Å². The summed E-state index contributed by atoms with van der Waals surface area (Å²) in [5, 5.41) is 5.18. The predicted octanol–water partition coefficient (Wildman–Crippen LogP) is 4.18. The fourth-order valence-electron chi connectivity index (χ4n) is 3.43. The first-order valence-electron chi connectivity index (χ1n) is 9.35. The molecule has 0 saturated carbocycles. The first kappa shape index (κ1) is 18.7. The zero-order valence-electron chi connectivity index (χ0n) is 16.3. The Balaban J connectivity index is 1.47. The predicted molar refractivity (Wildman–Crippen MR) is 111 cm³/mol. The minimum absolute atomic E-state index is 0.260. The fraction of sp³-hybridized carbons (Fsp3) is 0.174. The molecular weight excluding hydrogens is 366 g/mol. The van der Waals surface area contributed by atoms with Crippen LogP contribution in [-0.2, 0) is 6.42 Å². The lowest BCUT2D eigenvalue weighted by molar-refractivity contribution is 0.0950. The van der Waals surface area contributed by atoms with Gasteiger partial charge >= 0.3 is 0 Å². The molecule has 0 saturated heterocycles. The molecule has 6 heteroatoms. The van der Waals surface area contributed by atoms with Crippen LogP contribution in [0.4, 0.5) is 0 Å². The third-order valence-electron chi connectivity index (χ3n) is 4.89. The number of hydrogen-bond donors (Lipinski definition) is 1. The van der Waals surface area contributed by atoms with Crippen molar-refractivity contribution >= 4 is 16.7 Å². The van der Waals surface area contributed by atoms with Gasteiger partial charge in [0.2, 0.25) is 0 Å². The molecule has 1 amide bonds. The van der Waals surface area contributed by atoms with Crippen molar-refractivity contribution in [1.29, 1.82) is 0 Å². The van der Waals surface area contributed by atoms with Crippen LogP contribution in [0.15, 0.2) is 65.7 Å². The third kappa shape index (κ3) is 3.82. The number of hydrogen-bond acceptors (Lipinski definition) is 5. The van der Waals surface area contributed by atoms with E-state index in [0.29, 0.717) is 18.7 Å². The summed E-state index contributed by atoms with van der Waals surface area (Å²) >= 11 is 0. The molecule has 0 radical (unpaired) electrons. The summed E-state index contributed by atoms with van der Waals surface area (Å²) < 4.78 is 10.8. The fourth-order valence-corrected chi connectivity index (χ4v) is 3.43. The van der Waals surface area contributed by atoms with E-state index in [1.54, 1.807) is 13.3 Å². The Morgan fingerprint density at radius 3 is 2.93 bits per heavy atom. The number of fused-ring (bicyclic) bond motifs is 1. The summed E-state index contributed by atoms with van der Waals surface area (Å²) in [6.07, 6.45) is 5.63. The van der Waals surface area contributed by atoms with Crippen molar-refractivity contribution in [3.8, 4) is 17.1 Å². The minimum atomic E-state index is -0.260. The van der Waals surface area contributed by atoms with Gasteiger partial charge in [-0.2, -0.15) is 0 Å². The summed E-state index contributed by atoms with van der Waals surface area (Å²) in [7, 11) is 1.63. The number of rotatable bonds is 6. The minimum Gasteiger partial charge on any atom is -0.496 e. The van der Waals surface area contributed by atoms with E-state index < -0.39 is 0 Å². The Bertz CT molecular complexity index is 1160. The van der Waals surface area contributed by atoms with Crippen molar-refractivity contribution in [2.45, 2.75) is 13.3 Å². The summed E-state index contributed by atoms with van der Waals surface area (Å²) in [4.78, 5) is 21.0. The quantitative estimate of drug-likeness (QED) is 0.537. The lowest BCUT2D eigenvalue weighted by Crippen LogP contribution is -2.26. The van der Waals surface area contributed by atoms with Gasteiger partial charge in [-0.3, -0.25) is 9.78 Å². The number of methoxy groups -OCH3 is 1. The highest BCUT2D eigenvalue weighted by Crippen LogP contribution is 2.28. The molecule has 0 bridgehead atoms. The molecule has 4 aromatic rings. The number of aryl methyl sites for hydroxylation is 1. The molecule has 146 valence electrons. The first-order chi connectivity index (χ1) is 14.2. The molecule has 6 nitrogen and oxygen atoms in total. The number of aromatic nitrogens is 2. The van der Waals surface area contributed by atoms with Gasteiger partial charge in [0.1, 0.15) is 5.75 Å². The molecule has 29 heavy (non-hydrogen) atoms. The Labute approximate surface area is 168 Å². The van der Waals surface area contributed by atoms with Crippen molar-refractivity contribution in [3.05, 3.63) is 78.1 Å². The third-order valence-corrected chi connectivity index (χ3v) is 4.89. The Kier molecular flexibility index (Phi) is 5.24. The van der Waals surface area contributed by atoms with E-state index in [4.69, 9.17) is 9.15 Å². The van der Waals surface area contributed by atoms with Gasteiger partial charge in [0.05, 0.1) is 7.11 Å². The second kappa shape index (κ2) is 8.14. The summed E-state index contributed by atoms with van der Waals surface area (Å²) in [5.74, 6) is 0.971. The molecule has 0 atom stereocenters. The molecule has 0 aliphatic rings. The number of pyridine rings is 1. The van der Waals surface area contributed by atoms with E-state index in [1.165, 1.54) is 6.39 Å². The van der Waals surface area contributed by atoms with E-state index >= 15 is 0 Å². The van der Waals surface area contributed by atoms with Gasteiger partial charge in [0.15, 0.2) is 17.8 Å². The number of carbonyl (C=O) groups excluding carboxylic acids is 1. The topological polar surface area (TPSA) is 77.2 Å². The summed E-state index contributed by atoms with van der Waals surface area (Å²) in [6, 6.07) is 13.7. The van der Waals surface area contributed by atoms with Crippen molar-refractivity contribution < 1.29 is 13.9 Å². The molecule has 2 heterocycles. The highest BCUT2D eigenvalue weighted by molar-refractivity contribution is 5.97. The molecule has 0 fully saturated rings. The Hall–Kier alpha value is -3.67. The zero-order valence-corrected chi connectivity index (χ0v) is 16.3. The lowest BCUT2D eigenvalue weighted by atomic mass is 10.0. The summed E-state index contributed by atoms with van der Waals surface area (Å²) in [6.45, 7) is 2.44. The Morgan fingerprint density at radius 1 is 1.21 bits per heavy atom. The molecule has 4 rings (SSSR count). The highest BCUT2D eigenvalue weighted by atomic mass is 16.5. The maximum absolute atomic E-state index is 12.7. The number of nitrogens with one attached hydrogen (secondary N) is 1. The van der Waals surface area contributed by atoms with E-state index in [0.717, 1.165) is 33.2 Å². The molecule has 2 aromatic carbocycles. The SMILES string of the molecule is COc1ccc(-c2ocnc2C(=O)NCCc2cccc3cnccc23)cc1C. The largest absolute Gasteiger partial charge is 0.496 e. The van der Waals surface area contributed by atoms with Gasteiger partial charge in [0, 0.05) is 29.9 Å². The number of benzene rings is 2. The van der Waals surface area contributed by atoms with Crippen molar-refractivity contribution in [3.63, 3.8) is 0 Å². The van der Waals surface area contributed by atoms with Gasteiger partial charge in [-0.05, 0) is 54.1 Å². The molecule has 2 aromatic heterocycles. The average Bonchev–Trinajstić information content (AvgIpc) is 3.24. The van der Waals surface area contributed by atoms with Gasteiger partial charge in [0.25, 0.3) is 5.91 Å². The van der Waals surface area contributed by atoms with E-state index in [9.17, 15) is 4.79 Å². The number of ether oxygens (including phenoxy) is 1. The van der Waals surface area contributed by atoms with Crippen LogP contribution in [0.3, 0.4) is 0 Å². The van der Waals surface area contributed by atoms with Gasteiger partial charge in [-0.1, -0.05) is 18.2 Å². The number of carbonyl (C=O) groups is 1. The normalized spacial score (nSPS) is 10.8. The van der Waals surface area contributed by atoms with Crippen LogP contribution in [0, 0.1) is 6.92 Å². The molecular formula is C23H21N3O3. The molecule has 1 N–H and O–H groups in total. The number of oxazole rings is 1. The smallest absolute Gasteiger partial charge is 0.273 e. The standard InChI is InChI=1S/C23H21N3O3/c1-15-12-17(6-7-20(15)28-2)22-21(26-14-29-22)23(27)25-11-8-16-4-3-5-18-13-24-10-9-19(16)18/h3-7,9-10,12-14H,8,11H2,1-2H3,(H,25,27). The first-order valence-corrected chi connectivity index (χ1v) is 9.35. The van der Waals surface area contributed by atoms with E-state index in [-0.39, 0.29) is 11.6 Å². The van der Waals surface area contributed by atoms with Gasteiger partial charge < -0.3 is 14.5 Å². The van der Waals surface area contributed by atoms with Gasteiger partial charge in [-0.25, -0.2) is 4.98 Å². The van der Waals surface area contributed by atoms with Crippen LogP contribution < -0.4 is 10.1 Å². The van der Waals surface area contributed by atoms with Crippen molar-refractivity contribution in [2.24, 2.45) is 0 Å². The van der Waals surface area contributed by atoms with Crippen LogP contribution in [0.25, 0.3) is 22.1 Å². The van der Waals surface area contributed by atoms with E-state index in [1.807, 2.05) is 49.5 Å². The van der Waals surface area contributed by atoms with Crippen LogP contribution in [0.1, 0.15) is 21.6 Å².